The predicted octanol–water partition coefficient (Wildman–Crippen LogP) is 2.56. The topological polar surface area (TPSA) is 47.9 Å². The lowest BCUT2D eigenvalue weighted by atomic mass is 9.68. The average molecular weight is 259 g/mol. The molecule has 0 saturated heterocycles. The molecule has 0 amide bonds. The standard InChI is InChI=1S/C15H17NO3/c1-15-12(17)4-3-5-13(15)19-16-14(15)10-6-8-11(18-2)9-7-10/h6-9,13H,3-5H2,1-2H3/t13-,15+/m1/s1. The van der Waals surface area contributed by atoms with E-state index >= 15 is 0 Å². The summed E-state index contributed by atoms with van der Waals surface area (Å²) in [5.41, 5.74) is 1.10. The zero-order valence-corrected chi connectivity index (χ0v) is 11.2. The number of fused-ring (bicyclic) bond motifs is 1. The number of oxime groups is 1. The van der Waals surface area contributed by atoms with Crippen LogP contribution in [0.5, 0.6) is 5.75 Å². The van der Waals surface area contributed by atoms with Gasteiger partial charge in [0.05, 0.1) is 7.11 Å². The smallest absolute Gasteiger partial charge is 0.148 e. The van der Waals surface area contributed by atoms with Crippen LogP contribution in [0.3, 0.4) is 0 Å². The van der Waals surface area contributed by atoms with Crippen LogP contribution < -0.4 is 4.74 Å². The Kier molecular flexibility index (Phi) is 2.81. The van der Waals surface area contributed by atoms with E-state index in [9.17, 15) is 4.79 Å². The van der Waals surface area contributed by atoms with Crippen molar-refractivity contribution < 1.29 is 14.4 Å². The first kappa shape index (κ1) is 12.2. The highest BCUT2D eigenvalue weighted by atomic mass is 16.6. The summed E-state index contributed by atoms with van der Waals surface area (Å²) in [6.07, 6.45) is 2.30. The number of hydrogen-bond donors (Lipinski definition) is 0. The highest BCUT2D eigenvalue weighted by Crippen LogP contribution is 2.42. The molecule has 19 heavy (non-hydrogen) atoms. The molecular formula is C15H17NO3. The van der Waals surface area contributed by atoms with Gasteiger partial charge in [-0.15, -0.1) is 0 Å². The number of Topliss-reactive ketones (excluding diaryl/α,β-unsaturated/α-hetero) is 1. The summed E-state index contributed by atoms with van der Waals surface area (Å²) in [6, 6.07) is 7.61. The van der Waals surface area contributed by atoms with Crippen LogP contribution in [0.4, 0.5) is 0 Å². The molecule has 4 nitrogen and oxygen atoms in total. The lowest BCUT2D eigenvalue weighted by Gasteiger charge is -2.32. The van der Waals surface area contributed by atoms with Crippen LogP contribution in [0.25, 0.3) is 0 Å². The van der Waals surface area contributed by atoms with Crippen LogP contribution in [0.1, 0.15) is 31.7 Å². The number of rotatable bonds is 2. The lowest BCUT2D eigenvalue weighted by Crippen LogP contribution is -2.46. The molecular weight excluding hydrogens is 242 g/mol. The summed E-state index contributed by atoms with van der Waals surface area (Å²) < 4.78 is 5.15. The Morgan fingerprint density at radius 1 is 1.37 bits per heavy atom. The van der Waals surface area contributed by atoms with E-state index in [0.29, 0.717) is 6.42 Å². The maximum Gasteiger partial charge on any atom is 0.148 e. The van der Waals surface area contributed by atoms with Crippen molar-refractivity contribution in [3.05, 3.63) is 29.8 Å². The number of ether oxygens (including phenoxy) is 1. The molecule has 0 spiro atoms. The molecule has 1 aromatic rings. The minimum absolute atomic E-state index is 0.106. The van der Waals surface area contributed by atoms with Gasteiger partial charge in [0.25, 0.3) is 0 Å². The van der Waals surface area contributed by atoms with Gasteiger partial charge in [0.15, 0.2) is 0 Å². The minimum atomic E-state index is -0.590. The predicted molar refractivity (Wildman–Crippen MR) is 71.4 cm³/mol. The van der Waals surface area contributed by atoms with Crippen molar-refractivity contribution in [1.82, 2.24) is 0 Å². The number of ketones is 1. The SMILES string of the molecule is COc1ccc(C2=NO[C@@H]3CCCC(=O)[C@]23C)cc1. The molecule has 3 rings (SSSR count). The molecule has 100 valence electrons. The van der Waals surface area contributed by atoms with Crippen LogP contribution >= 0.6 is 0 Å². The van der Waals surface area contributed by atoms with Crippen molar-refractivity contribution in [2.45, 2.75) is 32.3 Å². The van der Waals surface area contributed by atoms with Crippen LogP contribution in [0, 0.1) is 5.41 Å². The Hall–Kier alpha value is -1.84. The highest BCUT2D eigenvalue weighted by molar-refractivity contribution is 6.18. The lowest BCUT2D eigenvalue weighted by molar-refractivity contribution is -0.132. The van der Waals surface area contributed by atoms with Crippen LogP contribution in [-0.4, -0.2) is 24.7 Å². The molecule has 1 heterocycles. The third-order valence-electron chi connectivity index (χ3n) is 4.22. The van der Waals surface area contributed by atoms with Gasteiger partial charge in [-0.05, 0) is 44.0 Å². The number of benzene rings is 1. The summed E-state index contributed by atoms with van der Waals surface area (Å²) in [6.45, 7) is 1.95. The van der Waals surface area contributed by atoms with Gasteiger partial charge in [0.2, 0.25) is 0 Å². The second-order valence-corrected chi connectivity index (χ2v) is 5.28. The molecule has 0 aromatic heterocycles. The third kappa shape index (κ3) is 1.74. The summed E-state index contributed by atoms with van der Waals surface area (Å²) in [5.74, 6) is 1.02. The molecule has 1 fully saturated rings. The molecule has 0 unspecified atom stereocenters. The quantitative estimate of drug-likeness (QED) is 0.820. The molecule has 0 N–H and O–H groups in total. The summed E-state index contributed by atoms with van der Waals surface area (Å²) in [4.78, 5) is 17.8. The number of carbonyl (C=O) groups is 1. The Balaban J connectivity index is 1.97. The maximum absolute atomic E-state index is 12.3. The fourth-order valence-electron chi connectivity index (χ4n) is 2.93. The largest absolute Gasteiger partial charge is 0.497 e. The van der Waals surface area contributed by atoms with E-state index in [2.05, 4.69) is 5.16 Å². The molecule has 1 aromatic carbocycles. The van der Waals surface area contributed by atoms with Crippen LogP contribution in [0.2, 0.25) is 0 Å². The third-order valence-corrected chi connectivity index (χ3v) is 4.22. The van der Waals surface area contributed by atoms with Crippen molar-refractivity contribution in [2.24, 2.45) is 10.6 Å². The van der Waals surface area contributed by atoms with E-state index < -0.39 is 5.41 Å². The summed E-state index contributed by atoms with van der Waals surface area (Å²) in [5, 5.41) is 4.18. The van der Waals surface area contributed by atoms with Crippen molar-refractivity contribution in [3.63, 3.8) is 0 Å². The molecule has 0 bridgehead atoms. The Bertz CT molecular complexity index is 535. The van der Waals surface area contributed by atoms with Gasteiger partial charge in [-0.3, -0.25) is 4.79 Å². The molecule has 2 aliphatic rings. The average Bonchev–Trinajstić information content (AvgIpc) is 2.78. The fraction of sp³-hybridized carbons (Fsp3) is 0.467. The second-order valence-electron chi connectivity index (χ2n) is 5.28. The van der Waals surface area contributed by atoms with Gasteiger partial charge in [0, 0.05) is 12.0 Å². The molecule has 0 radical (unpaired) electrons. The van der Waals surface area contributed by atoms with Gasteiger partial charge >= 0.3 is 0 Å². The van der Waals surface area contributed by atoms with Gasteiger partial charge in [-0.1, -0.05) is 5.16 Å². The highest BCUT2D eigenvalue weighted by Gasteiger charge is 2.53. The first-order valence-electron chi connectivity index (χ1n) is 6.58. The normalized spacial score (nSPS) is 29.5. The number of carbonyl (C=O) groups excluding carboxylic acids is 1. The van der Waals surface area contributed by atoms with Crippen molar-refractivity contribution in [1.29, 1.82) is 0 Å². The van der Waals surface area contributed by atoms with Gasteiger partial charge < -0.3 is 9.57 Å². The molecule has 1 aliphatic heterocycles. The molecule has 4 heteroatoms. The molecule has 2 atom stereocenters. The number of nitrogens with zero attached hydrogens (tertiary/aromatic N) is 1. The Morgan fingerprint density at radius 3 is 2.79 bits per heavy atom. The molecule has 1 saturated carbocycles. The Labute approximate surface area is 112 Å². The van der Waals surface area contributed by atoms with E-state index in [0.717, 1.165) is 29.9 Å². The van der Waals surface area contributed by atoms with Crippen molar-refractivity contribution in [3.8, 4) is 5.75 Å². The van der Waals surface area contributed by atoms with Crippen LogP contribution in [-0.2, 0) is 9.63 Å². The van der Waals surface area contributed by atoms with Crippen LogP contribution in [0.15, 0.2) is 29.4 Å². The number of hydrogen-bond acceptors (Lipinski definition) is 4. The molecule has 1 aliphatic carbocycles. The summed E-state index contributed by atoms with van der Waals surface area (Å²) in [7, 11) is 1.63. The maximum atomic E-state index is 12.3. The van der Waals surface area contributed by atoms with Crippen molar-refractivity contribution in [2.75, 3.05) is 7.11 Å². The van der Waals surface area contributed by atoms with E-state index in [1.54, 1.807) is 7.11 Å². The van der Waals surface area contributed by atoms with E-state index in [4.69, 9.17) is 9.57 Å². The number of methoxy groups -OCH3 is 1. The van der Waals surface area contributed by atoms with E-state index in [1.165, 1.54) is 0 Å². The van der Waals surface area contributed by atoms with E-state index in [1.807, 2.05) is 31.2 Å². The van der Waals surface area contributed by atoms with Crippen molar-refractivity contribution >= 4 is 11.5 Å². The fourth-order valence-corrected chi connectivity index (χ4v) is 2.93. The zero-order chi connectivity index (χ0) is 13.5. The second kappa shape index (κ2) is 4.37. The Morgan fingerprint density at radius 2 is 2.11 bits per heavy atom. The monoisotopic (exact) mass is 259 g/mol. The van der Waals surface area contributed by atoms with E-state index in [-0.39, 0.29) is 11.9 Å². The first-order chi connectivity index (χ1) is 9.16. The van der Waals surface area contributed by atoms with Gasteiger partial charge in [-0.2, -0.15) is 0 Å². The zero-order valence-electron chi connectivity index (χ0n) is 11.2. The van der Waals surface area contributed by atoms with Gasteiger partial charge in [0.1, 0.15) is 28.8 Å². The van der Waals surface area contributed by atoms with Gasteiger partial charge in [-0.25, -0.2) is 0 Å². The summed E-state index contributed by atoms with van der Waals surface area (Å²) >= 11 is 0. The minimum Gasteiger partial charge on any atom is -0.497 e. The first-order valence-corrected chi connectivity index (χ1v) is 6.58.